The summed E-state index contributed by atoms with van der Waals surface area (Å²) in [7, 11) is -1.41. The molecule has 2 atom stereocenters. The predicted molar refractivity (Wildman–Crippen MR) is 76.2 cm³/mol. The number of sulfone groups is 1. The van der Waals surface area contributed by atoms with Crippen LogP contribution in [0.5, 0.6) is 0 Å². The highest BCUT2D eigenvalue weighted by Gasteiger charge is 2.36. The van der Waals surface area contributed by atoms with Gasteiger partial charge in [0.1, 0.15) is 0 Å². The Balaban J connectivity index is 1.95. The first kappa shape index (κ1) is 15.7. The molecular formula is C13H24N2O4S. The van der Waals surface area contributed by atoms with Crippen molar-refractivity contribution in [1.29, 1.82) is 0 Å². The molecule has 2 unspecified atom stereocenters. The van der Waals surface area contributed by atoms with Crippen LogP contribution in [0.15, 0.2) is 0 Å². The molecule has 0 spiro atoms. The van der Waals surface area contributed by atoms with Crippen molar-refractivity contribution in [3.63, 3.8) is 0 Å². The molecule has 0 radical (unpaired) electrons. The van der Waals surface area contributed by atoms with Crippen LogP contribution in [0.1, 0.15) is 19.3 Å². The van der Waals surface area contributed by atoms with Crippen LogP contribution in [-0.2, 0) is 19.4 Å². The van der Waals surface area contributed by atoms with Crippen LogP contribution >= 0.6 is 0 Å². The summed E-state index contributed by atoms with van der Waals surface area (Å²) in [6.45, 7) is 2.66. The van der Waals surface area contributed by atoms with Crippen LogP contribution < -0.4 is 5.32 Å². The average Bonchev–Trinajstić information content (AvgIpc) is 3.03. The Hall–Kier alpha value is -0.660. The van der Waals surface area contributed by atoms with E-state index in [1.807, 2.05) is 0 Å². The van der Waals surface area contributed by atoms with Gasteiger partial charge in [0.25, 0.3) is 0 Å². The number of nitrogens with zero attached hydrogens (tertiary/aromatic N) is 1. The van der Waals surface area contributed by atoms with Gasteiger partial charge in [-0.3, -0.25) is 4.79 Å². The Kier molecular flexibility index (Phi) is 5.40. The fraction of sp³-hybridized carbons (Fsp3) is 0.923. The third kappa shape index (κ3) is 4.17. The summed E-state index contributed by atoms with van der Waals surface area (Å²) in [5.74, 6) is -0.244. The van der Waals surface area contributed by atoms with E-state index in [2.05, 4.69) is 5.32 Å². The fourth-order valence-electron chi connectivity index (χ4n) is 2.92. The summed E-state index contributed by atoms with van der Waals surface area (Å²) < 4.78 is 28.1. The van der Waals surface area contributed by atoms with Crippen molar-refractivity contribution >= 4 is 15.7 Å². The van der Waals surface area contributed by atoms with Crippen LogP contribution in [0.25, 0.3) is 0 Å². The molecule has 116 valence electrons. The van der Waals surface area contributed by atoms with Gasteiger partial charge in [-0.25, -0.2) is 8.42 Å². The van der Waals surface area contributed by atoms with Crippen LogP contribution in [0.2, 0.25) is 0 Å². The van der Waals surface area contributed by atoms with Gasteiger partial charge in [-0.2, -0.15) is 0 Å². The average molecular weight is 304 g/mol. The Morgan fingerprint density at radius 1 is 1.40 bits per heavy atom. The number of hydrogen-bond acceptors (Lipinski definition) is 5. The molecule has 6 nitrogen and oxygen atoms in total. The summed E-state index contributed by atoms with van der Waals surface area (Å²) in [6, 6.07) is 0.328. The maximum Gasteiger partial charge on any atom is 0.226 e. The minimum absolute atomic E-state index is 0.00735. The van der Waals surface area contributed by atoms with E-state index in [0.717, 1.165) is 19.4 Å². The molecule has 0 bridgehead atoms. The van der Waals surface area contributed by atoms with E-state index in [1.54, 1.807) is 12.0 Å². The topological polar surface area (TPSA) is 75.7 Å². The fourth-order valence-corrected chi connectivity index (χ4v) is 4.65. The van der Waals surface area contributed by atoms with Crippen molar-refractivity contribution in [3.05, 3.63) is 0 Å². The SMILES string of the molecule is COCCN(CC1CCCN1)C(=O)C1CCS(=O)(=O)C1. The highest BCUT2D eigenvalue weighted by Crippen LogP contribution is 2.21. The summed E-state index contributed by atoms with van der Waals surface area (Å²) in [5, 5.41) is 3.37. The quantitative estimate of drug-likeness (QED) is 0.726. The number of ether oxygens (including phenoxy) is 1. The highest BCUT2D eigenvalue weighted by atomic mass is 32.2. The number of hydrogen-bond donors (Lipinski definition) is 1. The predicted octanol–water partition coefficient (Wildman–Crippen LogP) is -0.352. The molecular weight excluding hydrogens is 280 g/mol. The maximum atomic E-state index is 12.5. The third-order valence-corrected chi connectivity index (χ3v) is 5.83. The Bertz CT molecular complexity index is 432. The van der Waals surface area contributed by atoms with Gasteiger partial charge in [-0.15, -0.1) is 0 Å². The molecule has 0 aromatic rings. The smallest absolute Gasteiger partial charge is 0.226 e. The largest absolute Gasteiger partial charge is 0.383 e. The monoisotopic (exact) mass is 304 g/mol. The normalized spacial score (nSPS) is 28.6. The van der Waals surface area contributed by atoms with Crippen LogP contribution in [0, 0.1) is 5.92 Å². The van der Waals surface area contributed by atoms with Gasteiger partial charge in [-0.05, 0) is 25.8 Å². The van der Waals surface area contributed by atoms with Gasteiger partial charge < -0.3 is 15.0 Å². The number of nitrogens with one attached hydrogen (secondary N) is 1. The molecule has 2 aliphatic heterocycles. The van der Waals surface area contributed by atoms with Crippen LogP contribution in [-0.4, -0.2) is 70.1 Å². The first-order valence-corrected chi connectivity index (χ1v) is 9.05. The molecule has 1 amide bonds. The zero-order valence-corrected chi connectivity index (χ0v) is 12.8. The lowest BCUT2D eigenvalue weighted by atomic mass is 10.1. The zero-order valence-electron chi connectivity index (χ0n) is 12.0. The first-order valence-electron chi connectivity index (χ1n) is 7.23. The molecule has 7 heteroatoms. The third-order valence-electron chi connectivity index (χ3n) is 4.06. The molecule has 1 N–H and O–H groups in total. The van der Waals surface area contributed by atoms with Crippen molar-refractivity contribution in [1.82, 2.24) is 10.2 Å². The Labute approximate surface area is 120 Å². The zero-order chi connectivity index (χ0) is 14.6. The van der Waals surface area contributed by atoms with E-state index >= 15 is 0 Å². The van der Waals surface area contributed by atoms with Gasteiger partial charge in [0.15, 0.2) is 9.84 Å². The van der Waals surface area contributed by atoms with E-state index in [-0.39, 0.29) is 23.3 Å². The molecule has 2 aliphatic rings. The summed E-state index contributed by atoms with van der Waals surface area (Å²) in [6.07, 6.45) is 2.66. The lowest BCUT2D eigenvalue weighted by molar-refractivity contribution is -0.135. The Morgan fingerprint density at radius 3 is 2.75 bits per heavy atom. The number of carbonyl (C=O) groups excluding carboxylic acids is 1. The molecule has 0 aromatic heterocycles. The van der Waals surface area contributed by atoms with E-state index in [4.69, 9.17) is 4.74 Å². The van der Waals surface area contributed by atoms with Gasteiger partial charge in [0, 0.05) is 26.2 Å². The first-order chi connectivity index (χ1) is 9.52. The standard InChI is InChI=1S/C13H24N2O4S/c1-19-7-6-15(9-12-3-2-5-14-12)13(16)11-4-8-20(17,18)10-11/h11-12,14H,2-10H2,1H3. The number of amides is 1. The maximum absolute atomic E-state index is 12.5. The molecule has 0 saturated carbocycles. The van der Waals surface area contributed by atoms with E-state index in [0.29, 0.717) is 32.2 Å². The minimum atomic E-state index is -3.02. The number of carbonyl (C=O) groups is 1. The van der Waals surface area contributed by atoms with Crippen molar-refractivity contribution in [3.8, 4) is 0 Å². The van der Waals surface area contributed by atoms with Gasteiger partial charge in [0.05, 0.1) is 24.0 Å². The van der Waals surface area contributed by atoms with E-state index in [1.165, 1.54) is 0 Å². The van der Waals surface area contributed by atoms with Gasteiger partial charge in [-0.1, -0.05) is 0 Å². The van der Waals surface area contributed by atoms with E-state index in [9.17, 15) is 13.2 Å². The molecule has 2 fully saturated rings. The highest BCUT2D eigenvalue weighted by molar-refractivity contribution is 7.91. The van der Waals surface area contributed by atoms with Crippen LogP contribution in [0.4, 0.5) is 0 Å². The number of methoxy groups -OCH3 is 1. The molecule has 2 rings (SSSR count). The van der Waals surface area contributed by atoms with E-state index < -0.39 is 9.84 Å². The van der Waals surface area contributed by atoms with Gasteiger partial charge in [0.2, 0.25) is 5.91 Å². The molecule has 2 heterocycles. The number of rotatable bonds is 6. The minimum Gasteiger partial charge on any atom is -0.383 e. The van der Waals surface area contributed by atoms with Gasteiger partial charge >= 0.3 is 0 Å². The molecule has 2 saturated heterocycles. The Morgan fingerprint density at radius 2 is 2.20 bits per heavy atom. The van der Waals surface area contributed by atoms with Crippen molar-refractivity contribution < 1.29 is 17.9 Å². The summed E-state index contributed by atoms with van der Waals surface area (Å²) >= 11 is 0. The molecule has 0 aliphatic carbocycles. The van der Waals surface area contributed by atoms with Crippen molar-refractivity contribution in [2.75, 3.05) is 44.9 Å². The molecule has 0 aromatic carbocycles. The summed E-state index contributed by atoms with van der Waals surface area (Å²) in [5.41, 5.74) is 0. The second kappa shape index (κ2) is 6.87. The second-order valence-corrected chi connectivity index (χ2v) is 7.90. The molecule has 20 heavy (non-hydrogen) atoms. The van der Waals surface area contributed by atoms with Crippen molar-refractivity contribution in [2.24, 2.45) is 5.92 Å². The second-order valence-electron chi connectivity index (χ2n) is 5.67. The lowest BCUT2D eigenvalue weighted by Crippen LogP contribution is -2.45. The van der Waals surface area contributed by atoms with Crippen molar-refractivity contribution in [2.45, 2.75) is 25.3 Å². The van der Waals surface area contributed by atoms with Crippen LogP contribution in [0.3, 0.4) is 0 Å². The lowest BCUT2D eigenvalue weighted by Gasteiger charge is -2.27. The summed E-state index contributed by atoms with van der Waals surface area (Å²) in [4.78, 5) is 14.3.